The third-order valence-corrected chi connectivity index (χ3v) is 10.9. The summed E-state index contributed by atoms with van der Waals surface area (Å²) in [5.74, 6) is 2.10. The fourth-order valence-corrected chi connectivity index (χ4v) is 9.01. The summed E-state index contributed by atoms with van der Waals surface area (Å²) in [5, 5.41) is 0. The van der Waals surface area contributed by atoms with E-state index < -0.39 is 5.41 Å². The Balaban J connectivity index is 0.00000253. The first kappa shape index (κ1) is 38.4. The molecule has 6 aliphatic carbocycles. The summed E-state index contributed by atoms with van der Waals surface area (Å²) in [4.78, 5) is 38.7. The maximum atomic E-state index is 13.5. The number of carbonyl (C=O) groups excluding carboxylic acids is 3. The third-order valence-electron chi connectivity index (χ3n) is 10.9. The van der Waals surface area contributed by atoms with Gasteiger partial charge in [-0.3, -0.25) is 14.4 Å². The highest BCUT2D eigenvalue weighted by Crippen LogP contribution is 2.60. The van der Waals surface area contributed by atoms with Gasteiger partial charge in [0.15, 0.2) is 0 Å². The Labute approximate surface area is 247 Å². The van der Waals surface area contributed by atoms with E-state index in [0.29, 0.717) is 24.7 Å². The van der Waals surface area contributed by atoms with E-state index in [2.05, 4.69) is 6.92 Å². The lowest BCUT2D eigenvalue weighted by Crippen LogP contribution is -2.58. The molecule has 6 heteroatoms. The van der Waals surface area contributed by atoms with Crippen LogP contribution in [-0.2, 0) is 28.6 Å². The van der Waals surface area contributed by atoms with E-state index in [1.165, 1.54) is 32.1 Å². The molecule has 0 spiro atoms. The highest BCUT2D eigenvalue weighted by atomic mass is 16.6. The van der Waals surface area contributed by atoms with Gasteiger partial charge >= 0.3 is 17.9 Å². The van der Waals surface area contributed by atoms with E-state index in [1.54, 1.807) is 0 Å². The van der Waals surface area contributed by atoms with Crippen LogP contribution in [0.4, 0.5) is 0 Å². The highest BCUT2D eigenvalue weighted by Gasteiger charge is 2.63. The van der Waals surface area contributed by atoms with Gasteiger partial charge in [-0.25, -0.2) is 0 Å². The second-order valence-electron chi connectivity index (χ2n) is 13.4. The Bertz CT molecular complexity index is 865. The zero-order valence-electron chi connectivity index (χ0n) is 21.1. The molecule has 0 N–H and O–H groups in total. The van der Waals surface area contributed by atoms with E-state index in [4.69, 9.17) is 14.2 Å². The minimum atomic E-state index is -0.767. The van der Waals surface area contributed by atoms with Crippen molar-refractivity contribution in [3.8, 4) is 0 Å². The lowest BCUT2D eigenvalue weighted by molar-refractivity contribution is -0.212. The summed E-state index contributed by atoms with van der Waals surface area (Å²) < 4.78 is 17.9. The van der Waals surface area contributed by atoms with E-state index in [9.17, 15) is 14.4 Å². The average molecular weight is 569 g/mol. The van der Waals surface area contributed by atoms with Crippen molar-refractivity contribution >= 4 is 17.9 Å². The van der Waals surface area contributed by atoms with Gasteiger partial charge in [-0.1, -0.05) is 51.5 Å². The Kier molecular flexibility index (Phi) is 12.6. The van der Waals surface area contributed by atoms with Crippen LogP contribution in [0.2, 0.25) is 0 Å². The van der Waals surface area contributed by atoms with Crippen LogP contribution in [-0.4, -0.2) is 35.7 Å². The number of rotatable bonds is 7. The number of hydrogen-bond donors (Lipinski definition) is 0. The first-order valence-electron chi connectivity index (χ1n) is 13.7. The molecule has 6 unspecified atom stereocenters. The quantitative estimate of drug-likeness (QED) is 0.226. The van der Waals surface area contributed by atoms with Crippen LogP contribution in [0.3, 0.4) is 0 Å². The van der Waals surface area contributed by atoms with Gasteiger partial charge in [-0.15, -0.1) is 0 Å². The van der Waals surface area contributed by atoms with E-state index in [-0.39, 0.29) is 104 Å². The lowest BCUT2D eigenvalue weighted by Gasteiger charge is -2.59. The molecule has 1 saturated heterocycles. The maximum Gasteiger partial charge on any atom is 0.312 e. The third kappa shape index (κ3) is 5.84. The topological polar surface area (TPSA) is 78.9 Å². The van der Waals surface area contributed by atoms with Crippen molar-refractivity contribution in [2.75, 3.05) is 0 Å². The summed E-state index contributed by atoms with van der Waals surface area (Å²) in [6.07, 6.45) is 8.24. The average Bonchev–Trinajstić information content (AvgIpc) is 3.40. The summed E-state index contributed by atoms with van der Waals surface area (Å²) in [7, 11) is 0. The van der Waals surface area contributed by atoms with Gasteiger partial charge in [-0.2, -0.15) is 0 Å². The molecule has 0 amide bonds. The van der Waals surface area contributed by atoms with Crippen LogP contribution in [0.15, 0.2) is 0 Å². The molecule has 6 bridgehead atoms. The summed E-state index contributed by atoms with van der Waals surface area (Å²) >= 11 is 0. The van der Waals surface area contributed by atoms with Crippen molar-refractivity contribution in [3.63, 3.8) is 0 Å². The van der Waals surface area contributed by atoms with E-state index in [1.807, 2.05) is 20.8 Å². The van der Waals surface area contributed by atoms with Gasteiger partial charge in [0.25, 0.3) is 0 Å². The van der Waals surface area contributed by atoms with Gasteiger partial charge in [0.05, 0.1) is 17.3 Å². The van der Waals surface area contributed by atoms with Gasteiger partial charge < -0.3 is 14.2 Å². The molecule has 6 atom stereocenters. The Morgan fingerprint density at radius 3 is 2.00 bits per heavy atom. The van der Waals surface area contributed by atoms with Crippen LogP contribution in [0.25, 0.3) is 0 Å². The van der Waals surface area contributed by atoms with Crippen molar-refractivity contribution < 1.29 is 28.6 Å². The molecule has 0 aromatic heterocycles. The van der Waals surface area contributed by atoms with Crippen LogP contribution in [0.1, 0.15) is 130 Å². The van der Waals surface area contributed by atoms with Crippen molar-refractivity contribution in [2.24, 2.45) is 52.8 Å². The molecule has 7 fully saturated rings. The lowest BCUT2D eigenvalue weighted by atomic mass is 9.50. The molecule has 6 saturated carbocycles. The van der Waals surface area contributed by atoms with Crippen LogP contribution in [0, 0.1) is 52.8 Å². The molecule has 0 aromatic carbocycles. The maximum absolute atomic E-state index is 13.5. The molecular formula is C34H64O6. The Morgan fingerprint density at radius 2 is 1.48 bits per heavy atom. The van der Waals surface area contributed by atoms with Gasteiger partial charge in [-0.05, 0) is 102 Å². The van der Waals surface area contributed by atoms with Crippen molar-refractivity contribution in [3.05, 3.63) is 0 Å². The van der Waals surface area contributed by atoms with Crippen LogP contribution in [0.5, 0.6) is 0 Å². The summed E-state index contributed by atoms with van der Waals surface area (Å²) in [6, 6.07) is 0. The normalized spacial score (nSPS) is 39.5. The molecule has 40 heavy (non-hydrogen) atoms. The van der Waals surface area contributed by atoms with Crippen molar-refractivity contribution in [1.82, 2.24) is 0 Å². The van der Waals surface area contributed by atoms with Gasteiger partial charge in [0.1, 0.15) is 17.8 Å². The van der Waals surface area contributed by atoms with Crippen molar-refractivity contribution in [2.45, 2.75) is 148 Å². The minimum Gasteiger partial charge on any atom is -0.458 e. The molecule has 6 nitrogen and oxygen atoms in total. The SMILES string of the molecule is C.C.C.C.C.C.CCC(CC(C)(C)C(=O)OC1(C)C2CC3CC(C2)CC1C3)C(=O)OC1C2CC3C(=O)OC1C3C2. The highest BCUT2D eigenvalue weighted by molar-refractivity contribution is 5.79. The van der Waals surface area contributed by atoms with Crippen LogP contribution >= 0.6 is 0 Å². The predicted molar refractivity (Wildman–Crippen MR) is 164 cm³/mol. The zero-order valence-corrected chi connectivity index (χ0v) is 21.1. The molecule has 1 heterocycles. The monoisotopic (exact) mass is 568 g/mol. The molecule has 7 aliphatic rings. The number of esters is 3. The first-order valence-corrected chi connectivity index (χ1v) is 13.7. The Morgan fingerprint density at radius 1 is 0.925 bits per heavy atom. The first-order chi connectivity index (χ1) is 16.1. The fraction of sp³-hybridized carbons (Fsp3) is 0.912. The number of hydrogen-bond acceptors (Lipinski definition) is 6. The van der Waals surface area contributed by atoms with Crippen molar-refractivity contribution in [1.29, 1.82) is 0 Å². The summed E-state index contributed by atoms with van der Waals surface area (Å²) in [5.41, 5.74) is -1.13. The predicted octanol–water partition coefficient (Wildman–Crippen LogP) is 8.50. The second kappa shape index (κ2) is 13.2. The van der Waals surface area contributed by atoms with E-state index in [0.717, 1.165) is 24.7 Å². The molecule has 236 valence electrons. The molecule has 0 radical (unpaired) electrons. The smallest absolute Gasteiger partial charge is 0.312 e. The summed E-state index contributed by atoms with van der Waals surface area (Å²) in [6.45, 7) is 7.96. The zero-order chi connectivity index (χ0) is 24.0. The second-order valence-corrected chi connectivity index (χ2v) is 13.4. The minimum absolute atomic E-state index is 0. The molecule has 0 aromatic rings. The fourth-order valence-electron chi connectivity index (χ4n) is 9.01. The Hall–Kier alpha value is -1.59. The van der Waals surface area contributed by atoms with Gasteiger partial charge in [0.2, 0.25) is 0 Å². The number of fused-ring (bicyclic) bond motifs is 1. The standard InChI is InChI=1S/C28H40O6.6CH4/c1-5-16(24(29)32-22-17-11-20-21(12-17)25(30)33-23(20)22)13-27(2,3)26(31)34-28(4)18-7-14-6-15(9-18)10-19(28)8-14;;;;;;/h14-23H,5-13H2,1-4H3;6*1H4. The van der Waals surface area contributed by atoms with Crippen LogP contribution < -0.4 is 0 Å². The molecule has 7 rings (SSSR count). The van der Waals surface area contributed by atoms with Gasteiger partial charge in [0, 0.05) is 11.8 Å². The molecular weight excluding hydrogens is 504 g/mol. The largest absolute Gasteiger partial charge is 0.458 e. The number of carbonyl (C=O) groups is 3. The van der Waals surface area contributed by atoms with E-state index >= 15 is 0 Å². The number of ether oxygens (including phenoxy) is 3. The molecule has 1 aliphatic heterocycles.